The zero-order chi connectivity index (χ0) is 56.9. The van der Waals surface area contributed by atoms with Crippen molar-refractivity contribution in [1.82, 2.24) is 0 Å². The van der Waals surface area contributed by atoms with Gasteiger partial charge in [0.25, 0.3) is 0 Å². The lowest BCUT2D eigenvalue weighted by molar-refractivity contribution is 0.402. The number of hydrogen-bond acceptors (Lipinski definition) is 1. The predicted octanol–water partition coefficient (Wildman–Crippen LogP) is 18.8. The standard InChI is InChI=1S/C79H82BN/c1-49-39-51(50-25-19-16-20-26-50)31-35-58(49)71-61-44-57(81(55-27-21-17-22-28-55)56-29-23-18-24-30-56)34-38-69(61)80-70-46-68-67(78(12,13)48-79(68,14)15)45-62(70)72(64-43-54(75(5,6)7)42-63(71)73(64)80)59-36-33-53(74(2,3)4)41-60(59)52-32-37-65-66(40-52)77(10,11)47-76(65,8)9/h16-46,71-72H,47-48H2,1-15H3. The molecule has 0 fully saturated rings. The zero-order valence-corrected chi connectivity index (χ0v) is 51.0. The van der Waals surface area contributed by atoms with E-state index in [0.717, 1.165) is 24.2 Å². The lowest BCUT2D eigenvalue weighted by Gasteiger charge is -2.44. The van der Waals surface area contributed by atoms with Crippen molar-refractivity contribution in [3.8, 4) is 22.3 Å². The van der Waals surface area contributed by atoms with Crippen LogP contribution in [-0.2, 0) is 32.5 Å². The van der Waals surface area contributed by atoms with E-state index in [1.807, 2.05) is 0 Å². The van der Waals surface area contributed by atoms with Crippen LogP contribution in [0.2, 0.25) is 0 Å². The highest BCUT2D eigenvalue weighted by Gasteiger charge is 2.50. The Balaban J connectivity index is 1.15. The Morgan fingerprint density at radius 2 is 0.877 bits per heavy atom. The molecule has 0 amide bonds. The Morgan fingerprint density at radius 3 is 1.46 bits per heavy atom. The Kier molecular flexibility index (Phi) is 12.1. The minimum absolute atomic E-state index is 0.0143. The largest absolute Gasteiger partial charge is 0.310 e. The first-order valence-electron chi connectivity index (χ1n) is 30.2. The maximum atomic E-state index is 2.74. The van der Waals surface area contributed by atoms with Crippen LogP contribution in [0.3, 0.4) is 0 Å². The van der Waals surface area contributed by atoms with Crippen molar-refractivity contribution in [2.45, 2.75) is 161 Å². The van der Waals surface area contributed by atoms with E-state index < -0.39 is 0 Å². The molecule has 0 aromatic heterocycles. The molecule has 2 heteroatoms. The maximum Gasteiger partial charge on any atom is 0.242 e. The molecular weight excluding hydrogens is 974 g/mol. The van der Waals surface area contributed by atoms with Gasteiger partial charge in [-0.3, -0.25) is 0 Å². The fraction of sp³-hybridized carbons (Fsp3) is 0.316. The molecule has 406 valence electrons. The van der Waals surface area contributed by atoms with Crippen LogP contribution in [0.5, 0.6) is 0 Å². The number of rotatable bonds is 7. The van der Waals surface area contributed by atoms with Gasteiger partial charge in [-0.1, -0.05) is 265 Å². The van der Waals surface area contributed by atoms with Gasteiger partial charge in [0, 0.05) is 28.9 Å². The van der Waals surface area contributed by atoms with Crippen molar-refractivity contribution < 1.29 is 0 Å². The number of fused-ring (bicyclic) bond motifs is 6. The average molecular weight is 1060 g/mol. The van der Waals surface area contributed by atoms with Gasteiger partial charge in [0.15, 0.2) is 0 Å². The number of anilines is 3. The topological polar surface area (TPSA) is 3.24 Å². The van der Waals surface area contributed by atoms with E-state index in [1.165, 1.54) is 117 Å². The smallest absolute Gasteiger partial charge is 0.242 e. The third-order valence-electron chi connectivity index (χ3n) is 19.8. The Bertz CT molecular complexity index is 3930. The normalized spacial score (nSPS) is 18.6. The third-order valence-corrected chi connectivity index (χ3v) is 19.8. The van der Waals surface area contributed by atoms with Gasteiger partial charge in [-0.25, -0.2) is 0 Å². The summed E-state index contributed by atoms with van der Waals surface area (Å²) in [4.78, 5) is 2.46. The molecule has 2 aliphatic carbocycles. The molecule has 0 saturated heterocycles. The number of aryl methyl sites for hydroxylation is 1. The molecule has 4 aliphatic rings. The number of nitrogens with zero attached hydrogens (tertiary/aromatic N) is 1. The van der Waals surface area contributed by atoms with Crippen LogP contribution in [-0.4, -0.2) is 6.71 Å². The molecule has 9 aromatic carbocycles. The molecule has 2 heterocycles. The summed E-state index contributed by atoms with van der Waals surface area (Å²) >= 11 is 0. The van der Waals surface area contributed by atoms with E-state index >= 15 is 0 Å². The van der Waals surface area contributed by atoms with E-state index in [2.05, 4.69) is 297 Å². The third kappa shape index (κ3) is 8.71. The monoisotopic (exact) mass is 1060 g/mol. The number of hydrogen-bond donors (Lipinski definition) is 0. The first-order valence-corrected chi connectivity index (χ1v) is 30.2. The predicted molar refractivity (Wildman–Crippen MR) is 348 cm³/mol. The van der Waals surface area contributed by atoms with Crippen molar-refractivity contribution >= 4 is 40.2 Å². The van der Waals surface area contributed by atoms with Crippen LogP contribution in [0.4, 0.5) is 17.1 Å². The molecule has 0 saturated carbocycles. The molecular formula is C79H82BN. The molecule has 81 heavy (non-hydrogen) atoms. The molecule has 0 spiro atoms. The minimum Gasteiger partial charge on any atom is -0.310 e. The molecule has 1 nitrogen and oxygen atoms in total. The number of para-hydroxylation sites is 2. The van der Waals surface area contributed by atoms with E-state index in [-0.39, 0.29) is 51.0 Å². The first-order chi connectivity index (χ1) is 38.3. The van der Waals surface area contributed by atoms with Crippen molar-refractivity contribution in [2.75, 3.05) is 4.90 Å². The molecule has 13 rings (SSSR count). The van der Waals surface area contributed by atoms with Gasteiger partial charge in [-0.05, 0) is 183 Å². The van der Waals surface area contributed by atoms with Crippen LogP contribution < -0.4 is 21.3 Å². The summed E-state index contributed by atoms with van der Waals surface area (Å²) in [5.74, 6) is -0.0592. The van der Waals surface area contributed by atoms with Crippen LogP contribution in [0.15, 0.2) is 188 Å². The second-order valence-electron chi connectivity index (χ2n) is 29.6. The van der Waals surface area contributed by atoms with Crippen molar-refractivity contribution in [3.63, 3.8) is 0 Å². The molecule has 2 aliphatic heterocycles. The average Bonchev–Trinajstić information content (AvgIpc) is 3.59. The summed E-state index contributed by atoms with van der Waals surface area (Å²) in [5.41, 5.74) is 31.7. The SMILES string of the molecule is Cc1cc(-c2ccccc2)ccc1C1c2cc(N(c3ccccc3)c3ccccc3)ccc2B2c3cc4c(cc3C(c3ccc(C(C)(C)C)cc3-c3ccc5c(c3)C(C)(C)CC5(C)C)c3cc(C(C)(C)C)cc1c32)C(C)(C)CC4(C)C. The van der Waals surface area contributed by atoms with Crippen molar-refractivity contribution in [1.29, 1.82) is 0 Å². The van der Waals surface area contributed by atoms with Gasteiger partial charge in [-0.15, -0.1) is 0 Å². The quantitative estimate of drug-likeness (QED) is 0.144. The summed E-state index contributed by atoms with van der Waals surface area (Å²) in [6, 6.07) is 73.8. The maximum absolute atomic E-state index is 2.74. The van der Waals surface area contributed by atoms with Gasteiger partial charge in [-0.2, -0.15) is 0 Å². The fourth-order valence-corrected chi connectivity index (χ4v) is 16.3. The van der Waals surface area contributed by atoms with Crippen molar-refractivity contribution in [3.05, 3.63) is 260 Å². The molecule has 0 N–H and O–H groups in total. The summed E-state index contributed by atoms with van der Waals surface area (Å²) in [6.45, 7) is 36.7. The van der Waals surface area contributed by atoms with E-state index in [0.29, 0.717) is 0 Å². The van der Waals surface area contributed by atoms with Gasteiger partial charge < -0.3 is 4.90 Å². The fourth-order valence-electron chi connectivity index (χ4n) is 16.3. The van der Waals surface area contributed by atoms with Gasteiger partial charge in [0.05, 0.1) is 0 Å². The van der Waals surface area contributed by atoms with Crippen LogP contribution in [0, 0.1) is 6.92 Å². The lowest BCUT2D eigenvalue weighted by atomic mass is 9.28. The molecule has 2 unspecified atom stereocenters. The highest BCUT2D eigenvalue weighted by molar-refractivity contribution is 6.97. The highest BCUT2D eigenvalue weighted by atomic mass is 15.1. The Hall–Kier alpha value is -7.16. The van der Waals surface area contributed by atoms with E-state index in [1.54, 1.807) is 0 Å². The summed E-state index contributed by atoms with van der Waals surface area (Å²) < 4.78 is 0. The van der Waals surface area contributed by atoms with Gasteiger partial charge in [0.1, 0.15) is 0 Å². The Labute approximate surface area is 486 Å². The second-order valence-corrected chi connectivity index (χ2v) is 29.6. The number of benzene rings is 9. The zero-order valence-electron chi connectivity index (χ0n) is 51.0. The summed E-state index contributed by atoms with van der Waals surface area (Å²) in [5, 5.41) is 0. The molecule has 2 atom stereocenters. The summed E-state index contributed by atoms with van der Waals surface area (Å²) in [6.07, 6.45) is 2.25. The second kappa shape index (κ2) is 18.4. The molecule has 9 aromatic rings. The van der Waals surface area contributed by atoms with Crippen LogP contribution >= 0.6 is 0 Å². The van der Waals surface area contributed by atoms with Crippen LogP contribution in [0.1, 0.15) is 194 Å². The highest BCUT2D eigenvalue weighted by Crippen LogP contribution is 2.55. The first kappa shape index (κ1) is 53.2. The Morgan fingerprint density at radius 1 is 0.370 bits per heavy atom. The van der Waals surface area contributed by atoms with E-state index in [4.69, 9.17) is 0 Å². The van der Waals surface area contributed by atoms with Crippen LogP contribution in [0.25, 0.3) is 22.3 Å². The lowest BCUT2D eigenvalue weighted by Crippen LogP contribution is -2.63. The minimum atomic E-state index is -0.136. The van der Waals surface area contributed by atoms with Gasteiger partial charge >= 0.3 is 0 Å². The van der Waals surface area contributed by atoms with Crippen molar-refractivity contribution in [2.24, 2.45) is 0 Å². The van der Waals surface area contributed by atoms with Gasteiger partial charge in [0.2, 0.25) is 6.71 Å². The molecule has 0 bridgehead atoms. The van der Waals surface area contributed by atoms with E-state index in [9.17, 15) is 0 Å². The summed E-state index contributed by atoms with van der Waals surface area (Å²) in [7, 11) is 0. The molecule has 0 radical (unpaired) electrons.